The molecule has 0 bridgehead atoms. The topological polar surface area (TPSA) is 32.7 Å². The summed E-state index contributed by atoms with van der Waals surface area (Å²) < 4.78 is 5.57. The number of benzene rings is 1. The first kappa shape index (κ1) is 16.0. The van der Waals surface area contributed by atoms with Crippen LogP contribution in [0.4, 0.5) is 0 Å². The SMILES string of the molecule is CC(C)OCC(O)CN1CC2CCCCC21c1ccccc1. The Morgan fingerprint density at radius 2 is 2.05 bits per heavy atom. The van der Waals surface area contributed by atoms with Crippen molar-refractivity contribution in [3.05, 3.63) is 35.9 Å². The van der Waals surface area contributed by atoms with Gasteiger partial charge in [0.05, 0.1) is 24.4 Å². The largest absolute Gasteiger partial charge is 0.389 e. The van der Waals surface area contributed by atoms with Crippen LogP contribution in [0.2, 0.25) is 0 Å². The maximum Gasteiger partial charge on any atom is 0.0900 e. The molecule has 2 aliphatic rings. The molecule has 1 N–H and O–H groups in total. The first-order valence-corrected chi connectivity index (χ1v) is 8.73. The number of ether oxygens (including phenoxy) is 1. The van der Waals surface area contributed by atoms with Crippen molar-refractivity contribution >= 4 is 0 Å². The maximum atomic E-state index is 10.3. The summed E-state index contributed by atoms with van der Waals surface area (Å²) in [6.45, 7) is 6.30. The summed E-state index contributed by atoms with van der Waals surface area (Å²) in [7, 11) is 0. The minimum absolute atomic E-state index is 0.165. The van der Waals surface area contributed by atoms with Gasteiger partial charge in [-0.15, -0.1) is 0 Å². The molecule has 122 valence electrons. The van der Waals surface area contributed by atoms with Crippen molar-refractivity contribution in [2.24, 2.45) is 5.92 Å². The second-order valence-corrected chi connectivity index (χ2v) is 7.17. The van der Waals surface area contributed by atoms with Crippen LogP contribution < -0.4 is 0 Å². The highest BCUT2D eigenvalue weighted by molar-refractivity contribution is 5.30. The van der Waals surface area contributed by atoms with Crippen molar-refractivity contribution in [1.29, 1.82) is 0 Å². The summed E-state index contributed by atoms with van der Waals surface area (Å²) in [4.78, 5) is 2.50. The molecular formula is C19H29NO2. The molecule has 1 saturated carbocycles. The Balaban J connectivity index is 1.72. The lowest BCUT2D eigenvalue weighted by Crippen LogP contribution is -2.67. The summed E-state index contributed by atoms with van der Waals surface area (Å²) >= 11 is 0. The number of fused-ring (bicyclic) bond motifs is 1. The smallest absolute Gasteiger partial charge is 0.0900 e. The molecule has 3 nitrogen and oxygen atoms in total. The molecule has 0 amide bonds. The number of rotatable bonds is 6. The molecule has 0 aromatic heterocycles. The highest BCUT2D eigenvalue weighted by Crippen LogP contribution is 2.53. The number of β-amino-alcohol motifs (C(OH)–C–C–N with tert-alkyl or cyclic N) is 1. The van der Waals surface area contributed by atoms with E-state index in [-0.39, 0.29) is 11.6 Å². The summed E-state index contributed by atoms with van der Waals surface area (Å²) in [5.41, 5.74) is 1.60. The predicted octanol–water partition coefficient (Wildman–Crippen LogP) is 3.17. The number of likely N-dealkylation sites (tertiary alicyclic amines) is 1. The lowest BCUT2D eigenvalue weighted by Gasteiger charge is -2.62. The van der Waals surface area contributed by atoms with E-state index in [0.29, 0.717) is 6.61 Å². The molecule has 3 rings (SSSR count). The molecular weight excluding hydrogens is 274 g/mol. The van der Waals surface area contributed by atoms with E-state index < -0.39 is 6.10 Å². The number of aliphatic hydroxyl groups excluding tert-OH is 1. The molecule has 1 aromatic carbocycles. The number of nitrogens with zero attached hydrogens (tertiary/aromatic N) is 1. The third-order valence-corrected chi connectivity index (χ3v) is 5.37. The molecule has 3 unspecified atom stereocenters. The van der Waals surface area contributed by atoms with Gasteiger partial charge in [0.15, 0.2) is 0 Å². The van der Waals surface area contributed by atoms with E-state index in [1.165, 1.54) is 31.2 Å². The standard InChI is InChI=1S/C19H29NO2/c1-15(2)22-14-18(21)13-20-12-17-10-6-7-11-19(17,20)16-8-4-3-5-9-16/h3-5,8-9,15,17-18,21H,6-7,10-14H2,1-2H3. The van der Waals surface area contributed by atoms with Gasteiger partial charge in [0, 0.05) is 13.1 Å². The van der Waals surface area contributed by atoms with Crippen LogP contribution in [-0.2, 0) is 10.3 Å². The average molecular weight is 303 g/mol. The maximum absolute atomic E-state index is 10.3. The minimum atomic E-state index is -0.397. The van der Waals surface area contributed by atoms with Gasteiger partial charge >= 0.3 is 0 Å². The molecule has 3 atom stereocenters. The fourth-order valence-corrected chi connectivity index (χ4v) is 4.34. The molecule has 22 heavy (non-hydrogen) atoms. The number of hydrogen-bond acceptors (Lipinski definition) is 3. The van der Waals surface area contributed by atoms with Crippen molar-refractivity contribution in [2.75, 3.05) is 19.7 Å². The van der Waals surface area contributed by atoms with Crippen molar-refractivity contribution in [3.8, 4) is 0 Å². The Kier molecular flexibility index (Phi) is 4.86. The van der Waals surface area contributed by atoms with Gasteiger partial charge in [-0.2, -0.15) is 0 Å². The highest BCUT2D eigenvalue weighted by Gasteiger charge is 2.54. The van der Waals surface area contributed by atoms with Crippen LogP contribution in [0.25, 0.3) is 0 Å². The Morgan fingerprint density at radius 3 is 2.73 bits per heavy atom. The zero-order valence-electron chi connectivity index (χ0n) is 13.9. The monoisotopic (exact) mass is 303 g/mol. The van der Waals surface area contributed by atoms with Gasteiger partial charge in [-0.3, -0.25) is 4.90 Å². The molecule has 1 heterocycles. The van der Waals surface area contributed by atoms with Gasteiger partial charge in [-0.25, -0.2) is 0 Å². The van der Waals surface area contributed by atoms with Gasteiger partial charge in [0.2, 0.25) is 0 Å². The van der Waals surface area contributed by atoms with E-state index in [1.807, 2.05) is 13.8 Å². The second-order valence-electron chi connectivity index (χ2n) is 7.17. The van der Waals surface area contributed by atoms with E-state index in [1.54, 1.807) is 0 Å². The van der Waals surface area contributed by atoms with Gasteiger partial charge in [-0.1, -0.05) is 43.2 Å². The Morgan fingerprint density at radius 1 is 1.27 bits per heavy atom. The Bertz CT molecular complexity index is 476. The summed E-state index contributed by atoms with van der Waals surface area (Å²) in [5, 5.41) is 10.3. The normalized spacial score (nSPS) is 29.9. The molecule has 3 heteroatoms. The fraction of sp³-hybridized carbons (Fsp3) is 0.684. The number of hydrogen-bond donors (Lipinski definition) is 1. The van der Waals surface area contributed by atoms with E-state index >= 15 is 0 Å². The van der Waals surface area contributed by atoms with Crippen LogP contribution in [0.1, 0.15) is 45.1 Å². The third-order valence-electron chi connectivity index (χ3n) is 5.37. The van der Waals surface area contributed by atoms with Gasteiger partial charge in [0.25, 0.3) is 0 Å². The average Bonchev–Trinajstić information content (AvgIpc) is 2.51. The van der Waals surface area contributed by atoms with Crippen LogP contribution in [0, 0.1) is 5.92 Å². The quantitative estimate of drug-likeness (QED) is 0.876. The second kappa shape index (κ2) is 6.69. The zero-order chi connectivity index (χ0) is 15.6. The molecule has 1 aromatic rings. The molecule has 2 fully saturated rings. The van der Waals surface area contributed by atoms with Crippen LogP contribution in [0.3, 0.4) is 0 Å². The fourth-order valence-electron chi connectivity index (χ4n) is 4.34. The summed E-state index contributed by atoms with van der Waals surface area (Å²) in [5.74, 6) is 0.752. The van der Waals surface area contributed by atoms with Crippen molar-refractivity contribution in [3.63, 3.8) is 0 Å². The van der Waals surface area contributed by atoms with Crippen LogP contribution >= 0.6 is 0 Å². The van der Waals surface area contributed by atoms with Crippen LogP contribution in [-0.4, -0.2) is 41.9 Å². The lowest BCUT2D eigenvalue weighted by molar-refractivity contribution is -0.137. The molecule has 1 saturated heterocycles. The highest BCUT2D eigenvalue weighted by atomic mass is 16.5. The third kappa shape index (κ3) is 2.94. The summed E-state index contributed by atoms with van der Waals surface area (Å²) in [6.07, 6.45) is 4.97. The molecule has 0 spiro atoms. The minimum Gasteiger partial charge on any atom is -0.389 e. The molecule has 0 radical (unpaired) electrons. The van der Waals surface area contributed by atoms with E-state index in [0.717, 1.165) is 19.0 Å². The Hall–Kier alpha value is -0.900. The summed E-state index contributed by atoms with van der Waals surface area (Å²) in [6, 6.07) is 10.9. The van der Waals surface area contributed by atoms with Crippen molar-refractivity contribution < 1.29 is 9.84 Å². The first-order chi connectivity index (χ1) is 10.6. The Labute approximate surface area is 134 Å². The number of aliphatic hydroxyl groups is 1. The van der Waals surface area contributed by atoms with Gasteiger partial charge in [-0.05, 0) is 38.2 Å². The van der Waals surface area contributed by atoms with Crippen molar-refractivity contribution in [1.82, 2.24) is 4.90 Å². The first-order valence-electron chi connectivity index (χ1n) is 8.73. The van der Waals surface area contributed by atoms with Crippen molar-refractivity contribution in [2.45, 2.75) is 57.3 Å². The lowest BCUT2D eigenvalue weighted by atomic mass is 9.61. The van der Waals surface area contributed by atoms with Crippen LogP contribution in [0.15, 0.2) is 30.3 Å². The van der Waals surface area contributed by atoms with E-state index in [9.17, 15) is 5.11 Å². The molecule has 1 aliphatic heterocycles. The van der Waals surface area contributed by atoms with E-state index in [2.05, 4.69) is 35.2 Å². The van der Waals surface area contributed by atoms with Crippen LogP contribution in [0.5, 0.6) is 0 Å². The zero-order valence-corrected chi connectivity index (χ0v) is 13.9. The molecule has 1 aliphatic carbocycles. The van der Waals surface area contributed by atoms with E-state index in [4.69, 9.17) is 4.74 Å². The predicted molar refractivity (Wildman–Crippen MR) is 88.7 cm³/mol. The van der Waals surface area contributed by atoms with Gasteiger partial charge < -0.3 is 9.84 Å². The van der Waals surface area contributed by atoms with Gasteiger partial charge in [0.1, 0.15) is 0 Å².